The average Bonchev–Trinajstić information content (AvgIpc) is 2.49. The first-order valence-corrected chi connectivity index (χ1v) is 6.89. The molecule has 0 unspecified atom stereocenters. The second kappa shape index (κ2) is 6.52. The molecule has 0 aliphatic rings. The van der Waals surface area contributed by atoms with Crippen molar-refractivity contribution in [2.24, 2.45) is 0 Å². The number of aryl methyl sites for hydroxylation is 1. The van der Waals surface area contributed by atoms with Crippen molar-refractivity contribution in [3.63, 3.8) is 0 Å². The van der Waals surface area contributed by atoms with E-state index in [1.54, 1.807) is 0 Å². The number of esters is 1. The van der Waals surface area contributed by atoms with Crippen LogP contribution in [0.15, 0.2) is 33.9 Å². The van der Waals surface area contributed by atoms with Gasteiger partial charge in [0.25, 0.3) is 0 Å². The number of ether oxygens (including phenoxy) is 1. The van der Waals surface area contributed by atoms with Gasteiger partial charge in [-0.25, -0.2) is 14.2 Å². The molecule has 2 aromatic rings. The van der Waals surface area contributed by atoms with Crippen molar-refractivity contribution in [3.8, 4) is 0 Å². The Labute approximate surface area is 130 Å². The summed E-state index contributed by atoms with van der Waals surface area (Å²) in [7, 11) is 1.18. The van der Waals surface area contributed by atoms with E-state index in [1.807, 2.05) is 31.2 Å². The first kappa shape index (κ1) is 15.9. The molecular weight excluding hydrogens is 306 g/mol. The van der Waals surface area contributed by atoms with Crippen molar-refractivity contribution in [3.05, 3.63) is 61.1 Å². The largest absolute Gasteiger partial charge is 0.468 e. The number of aromatic nitrogens is 3. The zero-order valence-corrected chi connectivity index (χ0v) is 13.0. The van der Waals surface area contributed by atoms with Gasteiger partial charge in [0.05, 0.1) is 13.7 Å². The Balaban J connectivity index is 2.47. The van der Waals surface area contributed by atoms with Gasteiger partial charge in [0, 0.05) is 0 Å². The zero-order valence-electron chi connectivity index (χ0n) is 12.2. The number of carbonyl (C=O) groups is 1. The van der Waals surface area contributed by atoms with Gasteiger partial charge >= 0.3 is 17.3 Å². The average molecular weight is 321 g/mol. The molecule has 116 valence electrons. The smallest absolute Gasteiger partial charge is 0.335 e. The lowest BCUT2D eigenvalue weighted by atomic mass is 10.1. The quantitative estimate of drug-likeness (QED) is 0.658. The number of carbonyl (C=O) groups excluding carboxylic acids is 1. The van der Waals surface area contributed by atoms with Gasteiger partial charge in [0.1, 0.15) is 6.54 Å². The van der Waals surface area contributed by atoms with Crippen molar-refractivity contribution < 1.29 is 9.53 Å². The van der Waals surface area contributed by atoms with E-state index in [2.05, 4.69) is 9.72 Å². The Morgan fingerprint density at radius 2 is 1.86 bits per heavy atom. The Bertz CT molecular complexity index is 861. The summed E-state index contributed by atoms with van der Waals surface area (Å²) in [6.07, 6.45) is 0. The molecule has 0 saturated carbocycles. The van der Waals surface area contributed by atoms with Crippen LogP contribution in [-0.2, 0) is 22.6 Å². The molecule has 7 nitrogen and oxygen atoms in total. The van der Waals surface area contributed by atoms with E-state index in [9.17, 15) is 14.4 Å². The Kier molecular flexibility index (Phi) is 4.71. The normalized spacial score (nSPS) is 10.5. The monoisotopic (exact) mass is 321 g/mol. The molecule has 0 fully saturated rings. The van der Waals surface area contributed by atoms with Gasteiger partial charge < -0.3 is 4.74 Å². The second-order valence-corrected chi connectivity index (χ2v) is 5.14. The van der Waals surface area contributed by atoms with Crippen molar-refractivity contribution in [1.29, 1.82) is 0 Å². The third-order valence-electron chi connectivity index (χ3n) is 3.14. The third-order valence-corrected chi connectivity index (χ3v) is 3.46. The molecule has 0 amide bonds. The molecular formula is C14H15N3O4S. The molecule has 0 aliphatic heterocycles. The van der Waals surface area contributed by atoms with E-state index in [0.717, 1.165) is 15.7 Å². The van der Waals surface area contributed by atoms with Gasteiger partial charge in [-0.1, -0.05) is 29.8 Å². The van der Waals surface area contributed by atoms with Gasteiger partial charge in [-0.3, -0.25) is 14.3 Å². The summed E-state index contributed by atoms with van der Waals surface area (Å²) < 4.78 is 6.48. The SMILES string of the molecule is COC(=O)Cn1c(=O)[nH]c(=S)n(Cc2ccc(C)cc2)c1=O. The second-order valence-electron chi connectivity index (χ2n) is 4.75. The van der Waals surface area contributed by atoms with Crippen LogP contribution in [0.1, 0.15) is 11.1 Å². The van der Waals surface area contributed by atoms with Crippen molar-refractivity contribution in [2.75, 3.05) is 7.11 Å². The fraction of sp³-hybridized carbons (Fsp3) is 0.286. The minimum Gasteiger partial charge on any atom is -0.468 e. The molecule has 0 spiro atoms. The molecule has 1 N–H and O–H groups in total. The summed E-state index contributed by atoms with van der Waals surface area (Å²) in [4.78, 5) is 37.8. The topological polar surface area (TPSA) is 86.1 Å². The third kappa shape index (κ3) is 3.40. The van der Waals surface area contributed by atoms with Gasteiger partial charge in [0.2, 0.25) is 0 Å². The molecule has 0 bridgehead atoms. The molecule has 22 heavy (non-hydrogen) atoms. The molecule has 1 heterocycles. The highest BCUT2D eigenvalue weighted by atomic mass is 32.1. The van der Waals surface area contributed by atoms with Crippen LogP contribution >= 0.6 is 12.2 Å². The van der Waals surface area contributed by atoms with Crippen LogP contribution in [0.2, 0.25) is 0 Å². The van der Waals surface area contributed by atoms with Crippen molar-refractivity contribution in [2.45, 2.75) is 20.0 Å². The van der Waals surface area contributed by atoms with Crippen LogP contribution in [0.4, 0.5) is 0 Å². The van der Waals surface area contributed by atoms with E-state index in [0.29, 0.717) is 0 Å². The van der Waals surface area contributed by atoms with Gasteiger partial charge in [-0.2, -0.15) is 0 Å². The van der Waals surface area contributed by atoms with Crippen LogP contribution in [0.3, 0.4) is 0 Å². The van der Waals surface area contributed by atoms with Crippen molar-refractivity contribution >= 4 is 18.2 Å². The maximum absolute atomic E-state index is 12.4. The van der Waals surface area contributed by atoms with Crippen LogP contribution in [0, 0.1) is 11.7 Å². The van der Waals surface area contributed by atoms with Crippen LogP contribution < -0.4 is 11.4 Å². The van der Waals surface area contributed by atoms with E-state index in [-0.39, 0.29) is 11.3 Å². The molecule has 0 saturated heterocycles. The number of hydrogen-bond donors (Lipinski definition) is 1. The number of methoxy groups -OCH3 is 1. The lowest BCUT2D eigenvalue weighted by Gasteiger charge is -2.09. The van der Waals surface area contributed by atoms with E-state index >= 15 is 0 Å². The molecule has 8 heteroatoms. The number of hydrogen-bond acceptors (Lipinski definition) is 5. The minimum atomic E-state index is -0.736. The van der Waals surface area contributed by atoms with E-state index < -0.39 is 23.9 Å². The highest BCUT2D eigenvalue weighted by Gasteiger charge is 2.12. The predicted molar refractivity (Wildman–Crippen MR) is 82.4 cm³/mol. The number of rotatable bonds is 4. The van der Waals surface area contributed by atoms with Crippen LogP contribution in [0.5, 0.6) is 0 Å². The van der Waals surface area contributed by atoms with Gasteiger partial charge in [-0.15, -0.1) is 0 Å². The fourth-order valence-electron chi connectivity index (χ4n) is 1.89. The number of aromatic amines is 1. The van der Waals surface area contributed by atoms with E-state index in [1.165, 1.54) is 11.7 Å². The molecule has 0 aliphatic carbocycles. The minimum absolute atomic E-state index is 0.0108. The Hall–Kier alpha value is -2.48. The highest BCUT2D eigenvalue weighted by Crippen LogP contribution is 2.04. The van der Waals surface area contributed by atoms with Crippen LogP contribution in [0.25, 0.3) is 0 Å². The number of nitrogens with one attached hydrogen (secondary N) is 1. The number of H-pyrrole nitrogens is 1. The first-order chi connectivity index (χ1) is 10.4. The maximum Gasteiger partial charge on any atom is 0.335 e. The van der Waals surface area contributed by atoms with Gasteiger partial charge in [-0.05, 0) is 24.7 Å². The summed E-state index contributed by atoms with van der Waals surface area (Å²) in [6, 6.07) is 7.56. The molecule has 1 aromatic heterocycles. The first-order valence-electron chi connectivity index (χ1n) is 6.48. The maximum atomic E-state index is 12.4. The Morgan fingerprint density at radius 1 is 1.23 bits per heavy atom. The van der Waals surface area contributed by atoms with Gasteiger partial charge in [0.15, 0.2) is 4.77 Å². The molecule has 0 atom stereocenters. The zero-order chi connectivity index (χ0) is 16.3. The molecule has 1 aromatic carbocycles. The summed E-state index contributed by atoms with van der Waals surface area (Å²) in [6.45, 7) is 1.70. The number of nitrogens with zero attached hydrogens (tertiary/aromatic N) is 2. The fourth-order valence-corrected chi connectivity index (χ4v) is 2.12. The molecule has 2 rings (SSSR count). The van der Waals surface area contributed by atoms with E-state index in [4.69, 9.17) is 12.2 Å². The summed E-state index contributed by atoms with van der Waals surface area (Å²) in [5.74, 6) is -0.688. The van der Waals surface area contributed by atoms with Crippen LogP contribution in [-0.4, -0.2) is 27.2 Å². The summed E-state index contributed by atoms with van der Waals surface area (Å²) in [5.41, 5.74) is 0.563. The highest BCUT2D eigenvalue weighted by molar-refractivity contribution is 7.71. The number of benzene rings is 1. The summed E-state index contributed by atoms with van der Waals surface area (Å²) >= 11 is 5.03. The predicted octanol–water partition coefficient (Wildman–Crippen LogP) is 0.597. The Morgan fingerprint density at radius 3 is 2.45 bits per heavy atom. The summed E-state index contributed by atoms with van der Waals surface area (Å²) in [5, 5.41) is 0. The standard InChI is InChI=1S/C14H15N3O4S/c1-9-3-5-10(6-4-9)7-17-13(22)15-12(19)16(14(17)20)8-11(18)21-2/h3-6H,7-8H2,1-2H3,(H,15,19,22). The lowest BCUT2D eigenvalue weighted by molar-refractivity contribution is -0.141. The molecule has 0 radical (unpaired) electrons. The van der Waals surface area contributed by atoms with Crippen molar-refractivity contribution in [1.82, 2.24) is 14.1 Å². The lowest BCUT2D eigenvalue weighted by Crippen LogP contribution is -2.43.